The van der Waals surface area contributed by atoms with E-state index in [4.69, 9.17) is 5.73 Å². The van der Waals surface area contributed by atoms with Crippen LogP contribution in [0.1, 0.15) is 23.1 Å². The molecule has 0 radical (unpaired) electrons. The topological polar surface area (TPSA) is 38.9 Å². The SMILES string of the molecule is NC(Cc1cncc(Br)c1)C1CCc2ccccc2C1. The fraction of sp³-hybridized carbons (Fsp3) is 0.353. The molecular weight excluding hydrogens is 312 g/mol. The highest BCUT2D eigenvalue weighted by Gasteiger charge is 2.23. The molecule has 0 bridgehead atoms. The second kappa shape index (κ2) is 6.06. The maximum atomic E-state index is 6.44. The molecule has 0 saturated heterocycles. The Labute approximate surface area is 128 Å². The van der Waals surface area contributed by atoms with E-state index in [1.54, 1.807) is 0 Å². The van der Waals surface area contributed by atoms with Crippen molar-refractivity contribution in [3.63, 3.8) is 0 Å². The molecule has 3 heteroatoms. The van der Waals surface area contributed by atoms with Gasteiger partial charge in [-0.25, -0.2) is 0 Å². The normalized spacial score (nSPS) is 19.4. The van der Waals surface area contributed by atoms with E-state index in [1.807, 2.05) is 12.4 Å². The first-order valence-corrected chi connectivity index (χ1v) is 7.93. The van der Waals surface area contributed by atoms with Gasteiger partial charge in [-0.15, -0.1) is 0 Å². The van der Waals surface area contributed by atoms with Crippen molar-refractivity contribution in [2.45, 2.75) is 31.7 Å². The Balaban J connectivity index is 1.68. The third-order valence-corrected chi connectivity index (χ3v) is 4.66. The smallest absolute Gasteiger partial charge is 0.0410 e. The first-order valence-electron chi connectivity index (χ1n) is 7.14. The number of pyridine rings is 1. The number of fused-ring (bicyclic) bond motifs is 1. The van der Waals surface area contributed by atoms with Crippen molar-refractivity contribution in [3.8, 4) is 0 Å². The van der Waals surface area contributed by atoms with Gasteiger partial charge >= 0.3 is 0 Å². The highest BCUT2D eigenvalue weighted by Crippen LogP contribution is 2.28. The summed E-state index contributed by atoms with van der Waals surface area (Å²) < 4.78 is 1.02. The number of halogens is 1. The molecule has 0 saturated carbocycles. The van der Waals surface area contributed by atoms with Crippen LogP contribution >= 0.6 is 15.9 Å². The predicted molar refractivity (Wildman–Crippen MR) is 85.6 cm³/mol. The average Bonchev–Trinajstić information content (AvgIpc) is 2.47. The van der Waals surface area contributed by atoms with Gasteiger partial charge in [-0.3, -0.25) is 4.98 Å². The van der Waals surface area contributed by atoms with Crippen molar-refractivity contribution in [1.82, 2.24) is 4.98 Å². The predicted octanol–water partition coefficient (Wildman–Crippen LogP) is 3.52. The van der Waals surface area contributed by atoms with Gasteiger partial charge in [0.05, 0.1) is 0 Å². The zero-order valence-corrected chi connectivity index (χ0v) is 13.0. The van der Waals surface area contributed by atoms with E-state index in [0.29, 0.717) is 5.92 Å². The fourth-order valence-electron chi connectivity index (χ4n) is 3.10. The molecule has 104 valence electrons. The van der Waals surface area contributed by atoms with Gasteiger partial charge in [-0.2, -0.15) is 0 Å². The summed E-state index contributed by atoms with van der Waals surface area (Å²) in [6.45, 7) is 0. The van der Waals surface area contributed by atoms with E-state index in [2.05, 4.69) is 51.2 Å². The average molecular weight is 331 g/mol. The number of hydrogen-bond acceptors (Lipinski definition) is 2. The maximum absolute atomic E-state index is 6.44. The van der Waals surface area contributed by atoms with Crippen LogP contribution in [-0.2, 0) is 19.3 Å². The van der Waals surface area contributed by atoms with Crippen molar-refractivity contribution in [1.29, 1.82) is 0 Å². The van der Waals surface area contributed by atoms with Crippen LogP contribution in [0.4, 0.5) is 0 Å². The van der Waals surface area contributed by atoms with Gasteiger partial charge in [-0.05, 0) is 70.3 Å². The van der Waals surface area contributed by atoms with Crippen LogP contribution in [0, 0.1) is 5.92 Å². The summed E-state index contributed by atoms with van der Waals surface area (Å²) in [6.07, 6.45) is 8.09. The van der Waals surface area contributed by atoms with Gasteiger partial charge in [0.1, 0.15) is 0 Å². The quantitative estimate of drug-likeness (QED) is 0.935. The van der Waals surface area contributed by atoms with Crippen molar-refractivity contribution in [2.24, 2.45) is 11.7 Å². The van der Waals surface area contributed by atoms with Crippen molar-refractivity contribution >= 4 is 15.9 Å². The zero-order valence-electron chi connectivity index (χ0n) is 11.4. The van der Waals surface area contributed by atoms with Crippen LogP contribution in [0.5, 0.6) is 0 Å². The van der Waals surface area contributed by atoms with Crippen LogP contribution in [-0.4, -0.2) is 11.0 Å². The van der Waals surface area contributed by atoms with Gasteiger partial charge in [0, 0.05) is 22.9 Å². The summed E-state index contributed by atoms with van der Waals surface area (Å²) in [4.78, 5) is 4.22. The van der Waals surface area contributed by atoms with Gasteiger partial charge in [0.25, 0.3) is 0 Å². The summed E-state index contributed by atoms with van der Waals surface area (Å²) in [6, 6.07) is 11.1. The highest BCUT2D eigenvalue weighted by molar-refractivity contribution is 9.10. The number of rotatable bonds is 3. The lowest BCUT2D eigenvalue weighted by Crippen LogP contribution is -2.35. The molecule has 3 rings (SSSR count). The molecule has 2 nitrogen and oxygen atoms in total. The Bertz CT molecular complexity index is 597. The van der Waals surface area contributed by atoms with Crippen LogP contribution in [0.2, 0.25) is 0 Å². The number of nitrogens with two attached hydrogens (primary N) is 1. The molecule has 2 N–H and O–H groups in total. The van der Waals surface area contributed by atoms with Crippen LogP contribution in [0.3, 0.4) is 0 Å². The van der Waals surface area contributed by atoms with Gasteiger partial charge in [-0.1, -0.05) is 24.3 Å². The molecule has 0 fully saturated rings. The fourth-order valence-corrected chi connectivity index (χ4v) is 3.51. The maximum Gasteiger partial charge on any atom is 0.0410 e. The molecule has 2 unspecified atom stereocenters. The first-order chi connectivity index (χ1) is 9.72. The first kappa shape index (κ1) is 13.8. The largest absolute Gasteiger partial charge is 0.327 e. The molecule has 1 heterocycles. The second-order valence-electron chi connectivity index (χ2n) is 5.65. The molecule has 20 heavy (non-hydrogen) atoms. The Morgan fingerprint density at radius 1 is 1.25 bits per heavy atom. The lowest BCUT2D eigenvalue weighted by atomic mass is 9.79. The monoisotopic (exact) mass is 330 g/mol. The summed E-state index contributed by atoms with van der Waals surface area (Å²) in [5.74, 6) is 0.573. The van der Waals surface area contributed by atoms with Crippen molar-refractivity contribution < 1.29 is 0 Å². The molecule has 2 aromatic rings. The minimum atomic E-state index is 0.208. The van der Waals surface area contributed by atoms with Gasteiger partial charge < -0.3 is 5.73 Å². The third-order valence-electron chi connectivity index (χ3n) is 4.22. The van der Waals surface area contributed by atoms with Crippen LogP contribution in [0.25, 0.3) is 0 Å². The van der Waals surface area contributed by atoms with E-state index in [0.717, 1.165) is 23.7 Å². The minimum Gasteiger partial charge on any atom is -0.327 e. The lowest BCUT2D eigenvalue weighted by molar-refractivity contribution is 0.372. The Morgan fingerprint density at radius 3 is 2.85 bits per heavy atom. The molecule has 0 spiro atoms. The van der Waals surface area contributed by atoms with Gasteiger partial charge in [0.15, 0.2) is 0 Å². The summed E-state index contributed by atoms with van der Waals surface area (Å²) in [5, 5.41) is 0. The molecule has 1 aromatic carbocycles. The molecular formula is C17H19BrN2. The molecule has 1 aliphatic rings. The number of aryl methyl sites for hydroxylation is 1. The van der Waals surface area contributed by atoms with Crippen LogP contribution < -0.4 is 5.73 Å². The standard InChI is InChI=1S/C17H19BrN2/c18-16-7-12(10-20-11-16)8-17(19)15-6-5-13-3-1-2-4-14(13)9-15/h1-4,7,10-11,15,17H,5-6,8-9,19H2. The highest BCUT2D eigenvalue weighted by atomic mass is 79.9. The number of nitrogens with zero attached hydrogens (tertiary/aromatic N) is 1. The molecule has 0 amide bonds. The van der Waals surface area contributed by atoms with E-state index in [1.165, 1.54) is 23.1 Å². The molecule has 0 aliphatic heterocycles. The summed E-state index contributed by atoms with van der Waals surface area (Å²) in [7, 11) is 0. The van der Waals surface area contributed by atoms with E-state index in [-0.39, 0.29) is 6.04 Å². The van der Waals surface area contributed by atoms with Crippen molar-refractivity contribution in [3.05, 3.63) is 63.9 Å². The zero-order chi connectivity index (χ0) is 13.9. The molecule has 2 atom stereocenters. The third kappa shape index (κ3) is 3.10. The molecule has 1 aromatic heterocycles. The van der Waals surface area contributed by atoms with E-state index < -0.39 is 0 Å². The Hall–Kier alpha value is -1.19. The summed E-state index contributed by atoms with van der Waals surface area (Å²) in [5.41, 5.74) is 10.6. The second-order valence-corrected chi connectivity index (χ2v) is 6.57. The lowest BCUT2D eigenvalue weighted by Gasteiger charge is -2.29. The van der Waals surface area contributed by atoms with Gasteiger partial charge in [0.2, 0.25) is 0 Å². The Kier molecular flexibility index (Phi) is 4.18. The van der Waals surface area contributed by atoms with Crippen LogP contribution in [0.15, 0.2) is 47.2 Å². The Morgan fingerprint density at radius 2 is 2.05 bits per heavy atom. The summed E-state index contributed by atoms with van der Waals surface area (Å²) >= 11 is 3.47. The van der Waals surface area contributed by atoms with E-state index >= 15 is 0 Å². The van der Waals surface area contributed by atoms with E-state index in [9.17, 15) is 0 Å². The van der Waals surface area contributed by atoms with Crippen molar-refractivity contribution in [2.75, 3.05) is 0 Å². The number of benzene rings is 1. The molecule has 1 aliphatic carbocycles. The number of aromatic nitrogens is 1. The minimum absolute atomic E-state index is 0.208. The number of hydrogen-bond donors (Lipinski definition) is 1.